The van der Waals surface area contributed by atoms with Crippen LogP contribution < -0.4 is 0 Å². The van der Waals surface area contributed by atoms with E-state index in [0.717, 1.165) is 24.0 Å². The van der Waals surface area contributed by atoms with Crippen LogP contribution in [0.15, 0.2) is 28.7 Å². The lowest BCUT2D eigenvalue weighted by molar-refractivity contribution is -0.127. The third kappa shape index (κ3) is 3.01. The van der Waals surface area contributed by atoms with Crippen LogP contribution in [0.3, 0.4) is 0 Å². The van der Waals surface area contributed by atoms with E-state index in [4.69, 9.17) is 0 Å². The largest absolute Gasteiger partial charge is 0.341 e. The first-order chi connectivity index (χ1) is 7.65. The molecule has 1 saturated heterocycles. The number of amides is 1. The summed E-state index contributed by atoms with van der Waals surface area (Å²) in [5, 5.41) is 0.218. The fourth-order valence-electron chi connectivity index (χ4n) is 1.92. The van der Waals surface area contributed by atoms with Crippen molar-refractivity contribution in [1.82, 2.24) is 4.90 Å². The van der Waals surface area contributed by atoms with Gasteiger partial charge in [-0.1, -0.05) is 28.1 Å². The third-order valence-electron chi connectivity index (χ3n) is 2.75. The van der Waals surface area contributed by atoms with Crippen LogP contribution in [0.4, 0.5) is 0 Å². The molecule has 0 radical (unpaired) electrons. The van der Waals surface area contributed by atoms with E-state index in [1.54, 1.807) is 0 Å². The highest BCUT2D eigenvalue weighted by Crippen LogP contribution is 2.17. The zero-order valence-corrected chi connectivity index (χ0v) is 11.4. The van der Waals surface area contributed by atoms with Crippen molar-refractivity contribution >= 4 is 34.5 Å². The fourth-order valence-corrected chi connectivity index (χ4v) is 2.72. The molecule has 1 aromatic carbocycles. The zero-order chi connectivity index (χ0) is 11.5. The highest BCUT2D eigenvalue weighted by molar-refractivity contribution is 9.10. The summed E-state index contributed by atoms with van der Waals surface area (Å²) in [6.07, 6.45) is 1.49. The molecule has 0 N–H and O–H groups in total. The monoisotopic (exact) mass is 299 g/mol. The molecular formula is C12H14BrNOS. The molecule has 1 aliphatic rings. The standard InChI is InChI=1S/C12H14BrNOS/c13-10-3-1-2-9(6-10)4-5-14-8-11(16)7-12(14)15/h1-3,6,11,16H,4-5,7-8H2. The Kier molecular flexibility index (Phi) is 3.92. The Hall–Kier alpha value is -0.480. The number of benzene rings is 1. The summed E-state index contributed by atoms with van der Waals surface area (Å²) in [6.45, 7) is 1.59. The van der Waals surface area contributed by atoms with Crippen LogP contribution in [0, 0.1) is 0 Å². The molecule has 1 unspecified atom stereocenters. The van der Waals surface area contributed by atoms with E-state index in [1.165, 1.54) is 5.56 Å². The highest BCUT2D eigenvalue weighted by Gasteiger charge is 2.26. The topological polar surface area (TPSA) is 20.3 Å². The molecule has 2 rings (SSSR count). The number of carbonyl (C=O) groups excluding carboxylic acids is 1. The molecule has 1 aliphatic heterocycles. The Morgan fingerprint density at radius 1 is 1.50 bits per heavy atom. The van der Waals surface area contributed by atoms with Gasteiger partial charge in [0.1, 0.15) is 0 Å². The predicted molar refractivity (Wildman–Crippen MR) is 71.8 cm³/mol. The minimum atomic E-state index is 0.218. The van der Waals surface area contributed by atoms with Crippen LogP contribution in [0.1, 0.15) is 12.0 Å². The molecule has 86 valence electrons. The third-order valence-corrected chi connectivity index (χ3v) is 3.59. The normalized spacial score (nSPS) is 20.5. The molecule has 0 aromatic heterocycles. The molecule has 1 amide bonds. The summed E-state index contributed by atoms with van der Waals surface area (Å²) in [5.41, 5.74) is 1.25. The molecule has 1 fully saturated rings. The van der Waals surface area contributed by atoms with Gasteiger partial charge >= 0.3 is 0 Å². The van der Waals surface area contributed by atoms with Crippen molar-refractivity contribution in [2.24, 2.45) is 0 Å². The maximum Gasteiger partial charge on any atom is 0.223 e. The lowest BCUT2D eigenvalue weighted by Crippen LogP contribution is -2.27. The molecular weight excluding hydrogens is 286 g/mol. The maximum atomic E-state index is 11.5. The first-order valence-electron chi connectivity index (χ1n) is 5.35. The first-order valence-corrected chi connectivity index (χ1v) is 6.66. The van der Waals surface area contributed by atoms with Crippen molar-refractivity contribution in [1.29, 1.82) is 0 Å². The van der Waals surface area contributed by atoms with E-state index < -0.39 is 0 Å². The van der Waals surface area contributed by atoms with Crippen molar-refractivity contribution in [2.45, 2.75) is 18.1 Å². The molecule has 16 heavy (non-hydrogen) atoms. The summed E-state index contributed by atoms with van der Waals surface area (Å²) in [5.74, 6) is 0.231. The van der Waals surface area contributed by atoms with Crippen LogP contribution in [0.25, 0.3) is 0 Å². The number of nitrogens with zero attached hydrogens (tertiary/aromatic N) is 1. The molecule has 0 spiro atoms. The Labute approximate surface area is 110 Å². The number of thiol groups is 1. The minimum absolute atomic E-state index is 0.218. The summed E-state index contributed by atoms with van der Waals surface area (Å²) < 4.78 is 1.09. The van der Waals surface area contributed by atoms with Gasteiger partial charge in [0.15, 0.2) is 0 Å². The molecule has 0 aliphatic carbocycles. The van der Waals surface area contributed by atoms with E-state index in [-0.39, 0.29) is 11.2 Å². The summed E-state index contributed by atoms with van der Waals surface area (Å²) in [7, 11) is 0. The quantitative estimate of drug-likeness (QED) is 0.851. The Balaban J connectivity index is 1.90. The molecule has 1 heterocycles. The van der Waals surface area contributed by atoms with Gasteiger partial charge in [-0.3, -0.25) is 4.79 Å². The Morgan fingerprint density at radius 2 is 2.31 bits per heavy atom. The molecule has 0 bridgehead atoms. The second-order valence-electron chi connectivity index (χ2n) is 4.08. The van der Waals surface area contributed by atoms with Crippen molar-refractivity contribution in [3.63, 3.8) is 0 Å². The maximum absolute atomic E-state index is 11.5. The van der Waals surface area contributed by atoms with Crippen molar-refractivity contribution in [2.75, 3.05) is 13.1 Å². The van der Waals surface area contributed by atoms with Gasteiger partial charge in [-0.05, 0) is 24.1 Å². The van der Waals surface area contributed by atoms with E-state index in [2.05, 4.69) is 40.7 Å². The highest BCUT2D eigenvalue weighted by atomic mass is 79.9. The Bertz CT molecular complexity index is 396. The van der Waals surface area contributed by atoms with Gasteiger partial charge in [0.05, 0.1) is 0 Å². The van der Waals surface area contributed by atoms with E-state index >= 15 is 0 Å². The van der Waals surface area contributed by atoms with Crippen molar-refractivity contribution in [3.8, 4) is 0 Å². The van der Waals surface area contributed by atoms with Gasteiger partial charge in [0.25, 0.3) is 0 Å². The smallest absolute Gasteiger partial charge is 0.223 e. The van der Waals surface area contributed by atoms with E-state index in [9.17, 15) is 4.79 Å². The summed E-state index contributed by atoms with van der Waals surface area (Å²) in [6, 6.07) is 8.21. The molecule has 4 heteroatoms. The zero-order valence-electron chi connectivity index (χ0n) is 8.90. The lowest BCUT2D eigenvalue weighted by atomic mass is 10.1. The Morgan fingerprint density at radius 3 is 2.94 bits per heavy atom. The molecule has 2 nitrogen and oxygen atoms in total. The van der Waals surface area contributed by atoms with Crippen LogP contribution in [-0.2, 0) is 11.2 Å². The van der Waals surface area contributed by atoms with Gasteiger partial charge in [0, 0.05) is 29.2 Å². The van der Waals surface area contributed by atoms with Crippen molar-refractivity contribution < 1.29 is 4.79 Å². The fraction of sp³-hybridized carbons (Fsp3) is 0.417. The summed E-state index contributed by atoms with van der Waals surface area (Å²) >= 11 is 7.78. The van der Waals surface area contributed by atoms with Gasteiger partial charge in [-0.25, -0.2) is 0 Å². The molecule has 0 saturated carbocycles. The van der Waals surface area contributed by atoms with Crippen molar-refractivity contribution in [3.05, 3.63) is 34.3 Å². The van der Waals surface area contributed by atoms with Crippen LogP contribution in [0.2, 0.25) is 0 Å². The number of carbonyl (C=O) groups is 1. The van der Waals surface area contributed by atoms with Gasteiger partial charge < -0.3 is 4.90 Å². The second-order valence-corrected chi connectivity index (χ2v) is 5.72. The van der Waals surface area contributed by atoms with Crippen LogP contribution >= 0.6 is 28.6 Å². The van der Waals surface area contributed by atoms with Crippen LogP contribution in [0.5, 0.6) is 0 Å². The predicted octanol–water partition coefficient (Wildman–Crippen LogP) is 2.52. The lowest BCUT2D eigenvalue weighted by Gasteiger charge is -2.15. The molecule has 1 aromatic rings. The number of likely N-dealkylation sites (tertiary alicyclic amines) is 1. The second kappa shape index (κ2) is 5.23. The summed E-state index contributed by atoms with van der Waals surface area (Å²) in [4.78, 5) is 13.4. The van der Waals surface area contributed by atoms with Gasteiger partial charge in [0.2, 0.25) is 5.91 Å². The van der Waals surface area contributed by atoms with Gasteiger partial charge in [-0.15, -0.1) is 0 Å². The van der Waals surface area contributed by atoms with Gasteiger partial charge in [-0.2, -0.15) is 12.6 Å². The van der Waals surface area contributed by atoms with Crippen LogP contribution in [-0.4, -0.2) is 29.1 Å². The number of rotatable bonds is 3. The van der Waals surface area contributed by atoms with E-state index in [1.807, 2.05) is 17.0 Å². The average molecular weight is 300 g/mol. The number of hydrogen-bond acceptors (Lipinski definition) is 2. The average Bonchev–Trinajstić information content (AvgIpc) is 2.54. The van der Waals surface area contributed by atoms with E-state index in [0.29, 0.717) is 6.42 Å². The number of hydrogen-bond donors (Lipinski definition) is 1. The number of halogens is 1. The minimum Gasteiger partial charge on any atom is -0.341 e. The SMILES string of the molecule is O=C1CC(S)CN1CCc1cccc(Br)c1. The molecule has 1 atom stereocenters. The first kappa shape index (κ1) is 12.0.